The molecule has 0 aromatic heterocycles. The van der Waals surface area contributed by atoms with E-state index in [9.17, 15) is 8.42 Å². The molecule has 0 spiro atoms. The Kier molecular flexibility index (Phi) is 4.84. The van der Waals surface area contributed by atoms with E-state index in [1.807, 2.05) is 6.92 Å². The van der Waals surface area contributed by atoms with Crippen molar-refractivity contribution < 1.29 is 8.42 Å². The van der Waals surface area contributed by atoms with Crippen LogP contribution in [0.5, 0.6) is 0 Å². The molecule has 0 aliphatic carbocycles. The normalized spacial score (nSPS) is 20.4. The molecule has 1 saturated heterocycles. The van der Waals surface area contributed by atoms with Crippen LogP contribution in [-0.4, -0.2) is 28.1 Å². The molecule has 2 N–H and O–H groups in total. The number of hydrogen-bond acceptors (Lipinski definition) is 3. The van der Waals surface area contributed by atoms with E-state index in [2.05, 4.69) is 10.0 Å². The number of nitrogens with one attached hydrogen (secondary N) is 2. The fraction of sp³-hybridized carbons (Fsp3) is 0.538. The summed E-state index contributed by atoms with van der Waals surface area (Å²) in [6.45, 7) is 4.22. The van der Waals surface area contributed by atoms with Crippen molar-refractivity contribution in [3.63, 3.8) is 0 Å². The van der Waals surface area contributed by atoms with Gasteiger partial charge in [-0.3, -0.25) is 0 Å². The smallest absolute Gasteiger partial charge is 0.240 e. The standard InChI is InChI=1S/C13H19ClN2O2S/c1-10-4-5-12(7-13(10)14)19(17,18)16-9-11-3-2-6-15-8-11/h4-5,7,11,15-16H,2-3,6,8-9H2,1H3/t11-/m0/s1. The van der Waals surface area contributed by atoms with Crippen molar-refractivity contribution in [1.29, 1.82) is 0 Å². The molecule has 2 rings (SSSR count). The SMILES string of the molecule is Cc1ccc(S(=O)(=O)NC[C@H]2CCCNC2)cc1Cl. The second-order valence-electron chi connectivity index (χ2n) is 4.98. The third kappa shape index (κ3) is 3.92. The van der Waals surface area contributed by atoms with Gasteiger partial charge in [0.15, 0.2) is 0 Å². The highest BCUT2D eigenvalue weighted by atomic mass is 35.5. The molecule has 0 bridgehead atoms. The molecule has 1 atom stereocenters. The molecule has 1 aromatic carbocycles. The van der Waals surface area contributed by atoms with E-state index in [-0.39, 0.29) is 4.90 Å². The molecule has 6 heteroatoms. The van der Waals surface area contributed by atoms with Crippen molar-refractivity contribution in [3.05, 3.63) is 28.8 Å². The Hall–Kier alpha value is -0.620. The Bertz CT molecular complexity index is 540. The molecule has 1 heterocycles. The largest absolute Gasteiger partial charge is 0.316 e. The Morgan fingerprint density at radius 1 is 1.47 bits per heavy atom. The average Bonchev–Trinajstić information content (AvgIpc) is 2.41. The van der Waals surface area contributed by atoms with Crippen LogP contribution in [0.3, 0.4) is 0 Å². The van der Waals surface area contributed by atoms with Gasteiger partial charge in [0.25, 0.3) is 0 Å². The van der Waals surface area contributed by atoms with Crippen molar-refractivity contribution in [2.24, 2.45) is 5.92 Å². The van der Waals surface area contributed by atoms with Gasteiger partial charge in [-0.15, -0.1) is 0 Å². The summed E-state index contributed by atoms with van der Waals surface area (Å²) in [6.07, 6.45) is 2.16. The second kappa shape index (κ2) is 6.22. The van der Waals surface area contributed by atoms with Gasteiger partial charge >= 0.3 is 0 Å². The summed E-state index contributed by atoms with van der Waals surface area (Å²) in [5.41, 5.74) is 0.872. The number of aryl methyl sites for hydroxylation is 1. The second-order valence-corrected chi connectivity index (χ2v) is 7.15. The van der Waals surface area contributed by atoms with Crippen LogP contribution in [0.25, 0.3) is 0 Å². The van der Waals surface area contributed by atoms with Crippen molar-refractivity contribution >= 4 is 21.6 Å². The van der Waals surface area contributed by atoms with Crippen LogP contribution in [0, 0.1) is 12.8 Å². The summed E-state index contributed by atoms with van der Waals surface area (Å²) in [7, 11) is -3.46. The number of piperidine rings is 1. The van der Waals surface area contributed by atoms with E-state index in [0.717, 1.165) is 31.5 Å². The first kappa shape index (κ1) is 14.8. The highest BCUT2D eigenvalue weighted by molar-refractivity contribution is 7.89. The highest BCUT2D eigenvalue weighted by Crippen LogP contribution is 2.20. The Labute approximate surface area is 119 Å². The van der Waals surface area contributed by atoms with E-state index < -0.39 is 10.0 Å². The summed E-state index contributed by atoms with van der Waals surface area (Å²) < 4.78 is 27.0. The van der Waals surface area contributed by atoms with Crippen LogP contribution in [0.2, 0.25) is 5.02 Å². The predicted octanol–water partition coefficient (Wildman–Crippen LogP) is 1.93. The quantitative estimate of drug-likeness (QED) is 0.893. The Morgan fingerprint density at radius 2 is 2.26 bits per heavy atom. The first-order valence-electron chi connectivity index (χ1n) is 6.45. The van der Waals surface area contributed by atoms with Crippen molar-refractivity contribution in [2.45, 2.75) is 24.7 Å². The molecule has 106 valence electrons. The van der Waals surface area contributed by atoms with Gasteiger partial charge < -0.3 is 5.32 Å². The van der Waals surface area contributed by atoms with E-state index in [0.29, 0.717) is 17.5 Å². The summed E-state index contributed by atoms with van der Waals surface area (Å²) in [4.78, 5) is 0.229. The van der Waals surface area contributed by atoms with Gasteiger partial charge in [-0.2, -0.15) is 0 Å². The minimum Gasteiger partial charge on any atom is -0.316 e. The lowest BCUT2D eigenvalue weighted by Gasteiger charge is -2.22. The molecule has 0 saturated carbocycles. The third-order valence-corrected chi connectivity index (χ3v) is 5.24. The first-order chi connectivity index (χ1) is 8.99. The molecule has 0 radical (unpaired) electrons. The maximum Gasteiger partial charge on any atom is 0.240 e. The minimum atomic E-state index is -3.46. The van der Waals surface area contributed by atoms with Gasteiger partial charge in [0.1, 0.15) is 0 Å². The van der Waals surface area contributed by atoms with Crippen LogP contribution in [0.1, 0.15) is 18.4 Å². The molecule has 0 amide bonds. The lowest BCUT2D eigenvalue weighted by molar-refractivity contribution is 0.376. The van der Waals surface area contributed by atoms with E-state index in [1.165, 1.54) is 6.07 Å². The molecule has 1 aromatic rings. The van der Waals surface area contributed by atoms with E-state index in [4.69, 9.17) is 11.6 Å². The number of rotatable bonds is 4. The minimum absolute atomic E-state index is 0.229. The zero-order valence-electron chi connectivity index (χ0n) is 10.9. The zero-order chi connectivity index (χ0) is 13.9. The fourth-order valence-corrected chi connectivity index (χ4v) is 3.54. The Balaban J connectivity index is 2.02. The van der Waals surface area contributed by atoms with E-state index >= 15 is 0 Å². The van der Waals surface area contributed by atoms with Gasteiger partial charge in [0, 0.05) is 11.6 Å². The average molecular weight is 303 g/mol. The molecular weight excluding hydrogens is 284 g/mol. The number of sulfonamides is 1. The van der Waals surface area contributed by atoms with Crippen LogP contribution in [0.15, 0.2) is 23.1 Å². The van der Waals surface area contributed by atoms with Gasteiger partial charge in [0.2, 0.25) is 10.0 Å². The maximum absolute atomic E-state index is 12.1. The summed E-state index contributed by atoms with van der Waals surface area (Å²) in [6, 6.07) is 4.81. The molecule has 0 unspecified atom stereocenters. The van der Waals surface area contributed by atoms with Gasteiger partial charge in [-0.1, -0.05) is 17.7 Å². The molecule has 19 heavy (non-hydrogen) atoms. The van der Waals surface area contributed by atoms with Crippen LogP contribution in [0.4, 0.5) is 0 Å². The summed E-state index contributed by atoms with van der Waals surface area (Å²) >= 11 is 5.97. The predicted molar refractivity (Wildman–Crippen MR) is 77.0 cm³/mol. The molecule has 1 aliphatic rings. The van der Waals surface area contributed by atoms with Crippen molar-refractivity contribution in [3.8, 4) is 0 Å². The van der Waals surface area contributed by atoms with Crippen molar-refractivity contribution in [1.82, 2.24) is 10.0 Å². The van der Waals surface area contributed by atoms with Gasteiger partial charge in [0.05, 0.1) is 4.90 Å². The molecule has 1 fully saturated rings. The van der Waals surface area contributed by atoms with Gasteiger partial charge in [-0.25, -0.2) is 13.1 Å². The lowest BCUT2D eigenvalue weighted by Crippen LogP contribution is -2.38. The highest BCUT2D eigenvalue weighted by Gasteiger charge is 2.19. The fourth-order valence-electron chi connectivity index (χ4n) is 2.15. The Morgan fingerprint density at radius 3 is 2.89 bits per heavy atom. The summed E-state index contributed by atoms with van der Waals surface area (Å²) in [5.74, 6) is 0.365. The molecule has 4 nitrogen and oxygen atoms in total. The first-order valence-corrected chi connectivity index (χ1v) is 8.32. The van der Waals surface area contributed by atoms with E-state index in [1.54, 1.807) is 12.1 Å². The molecule has 1 aliphatic heterocycles. The molecular formula is C13H19ClN2O2S. The van der Waals surface area contributed by atoms with Crippen LogP contribution >= 0.6 is 11.6 Å². The lowest BCUT2D eigenvalue weighted by atomic mass is 10.0. The van der Waals surface area contributed by atoms with Gasteiger partial charge in [-0.05, 0) is 56.5 Å². The monoisotopic (exact) mass is 302 g/mol. The topological polar surface area (TPSA) is 58.2 Å². The van der Waals surface area contributed by atoms with Crippen LogP contribution < -0.4 is 10.0 Å². The third-order valence-electron chi connectivity index (χ3n) is 3.41. The number of benzene rings is 1. The maximum atomic E-state index is 12.1. The summed E-state index contributed by atoms with van der Waals surface area (Å²) in [5, 5.41) is 3.75. The number of hydrogen-bond donors (Lipinski definition) is 2. The number of halogens is 1. The van der Waals surface area contributed by atoms with Crippen LogP contribution in [-0.2, 0) is 10.0 Å². The van der Waals surface area contributed by atoms with Crippen molar-refractivity contribution in [2.75, 3.05) is 19.6 Å². The zero-order valence-corrected chi connectivity index (χ0v) is 12.5.